The van der Waals surface area contributed by atoms with E-state index in [1.54, 1.807) is 12.3 Å². The number of halogens is 1. The molecule has 4 rings (SSSR count). The van der Waals surface area contributed by atoms with E-state index in [9.17, 15) is 0 Å². The topological polar surface area (TPSA) is 70.0 Å². The highest BCUT2D eigenvalue weighted by Gasteiger charge is 2.36. The van der Waals surface area contributed by atoms with Gasteiger partial charge in [0.2, 0.25) is 11.2 Å². The molecule has 0 saturated carbocycles. The lowest BCUT2D eigenvalue weighted by atomic mass is 9.92. The number of anilines is 1. The first-order valence-electron chi connectivity index (χ1n) is 6.96. The van der Waals surface area contributed by atoms with Crippen molar-refractivity contribution in [2.45, 2.75) is 18.9 Å². The third-order valence-corrected chi connectivity index (χ3v) is 4.57. The average Bonchev–Trinajstić information content (AvgIpc) is 3.17. The first kappa shape index (κ1) is 12.2. The lowest BCUT2D eigenvalue weighted by molar-refractivity contribution is 0.381. The zero-order valence-corrected chi connectivity index (χ0v) is 11.7. The Morgan fingerprint density at radius 1 is 1.40 bits per heavy atom. The van der Waals surface area contributed by atoms with Crippen molar-refractivity contribution in [3.05, 3.63) is 17.5 Å². The van der Waals surface area contributed by atoms with Crippen molar-refractivity contribution in [1.82, 2.24) is 20.5 Å². The number of nitrogens with zero attached hydrogens (tertiary/aromatic N) is 3. The molecule has 20 heavy (non-hydrogen) atoms. The summed E-state index contributed by atoms with van der Waals surface area (Å²) in [5.41, 5.74) is 0.753. The second kappa shape index (κ2) is 4.79. The van der Waals surface area contributed by atoms with Crippen molar-refractivity contribution >= 4 is 17.5 Å². The summed E-state index contributed by atoms with van der Waals surface area (Å²) >= 11 is 5.98. The number of fused-ring (bicyclic) bond motifs is 1. The molecular weight excluding hydrogens is 278 g/mol. The molecule has 2 aromatic heterocycles. The van der Waals surface area contributed by atoms with Crippen LogP contribution in [0.2, 0.25) is 5.22 Å². The second-order valence-corrected chi connectivity index (χ2v) is 5.76. The average molecular weight is 294 g/mol. The van der Waals surface area contributed by atoms with Gasteiger partial charge in [-0.25, -0.2) is 0 Å². The smallest absolute Gasteiger partial charge is 0.245 e. The molecule has 0 radical (unpaired) electrons. The Balaban J connectivity index is 1.63. The Labute approximate surface area is 121 Å². The van der Waals surface area contributed by atoms with Gasteiger partial charge in [-0.1, -0.05) is 0 Å². The maximum absolute atomic E-state index is 5.98. The van der Waals surface area contributed by atoms with Crippen LogP contribution in [0.4, 0.5) is 5.95 Å². The van der Waals surface area contributed by atoms with Gasteiger partial charge in [-0.3, -0.25) is 5.10 Å². The van der Waals surface area contributed by atoms with Gasteiger partial charge in [-0.05, 0) is 36.4 Å². The van der Waals surface area contributed by atoms with Crippen LogP contribution in [0.25, 0.3) is 11.4 Å². The van der Waals surface area contributed by atoms with Crippen LogP contribution >= 0.6 is 11.6 Å². The van der Waals surface area contributed by atoms with Crippen LogP contribution in [-0.4, -0.2) is 40.9 Å². The summed E-state index contributed by atoms with van der Waals surface area (Å²) in [7, 11) is 0. The number of furan rings is 1. The molecule has 4 heterocycles. The van der Waals surface area contributed by atoms with Crippen molar-refractivity contribution in [3.8, 4) is 11.4 Å². The van der Waals surface area contributed by atoms with Crippen LogP contribution in [0.1, 0.15) is 12.8 Å². The van der Waals surface area contributed by atoms with E-state index in [2.05, 4.69) is 25.4 Å². The molecule has 0 aromatic carbocycles. The third kappa shape index (κ3) is 1.91. The fourth-order valence-electron chi connectivity index (χ4n) is 3.28. The molecule has 0 amide bonds. The summed E-state index contributed by atoms with van der Waals surface area (Å²) in [4.78, 5) is 6.89. The lowest BCUT2D eigenvalue weighted by Crippen LogP contribution is -2.45. The molecule has 6 nitrogen and oxygen atoms in total. The molecule has 0 bridgehead atoms. The zero-order valence-electron chi connectivity index (χ0n) is 11.0. The molecule has 2 fully saturated rings. The zero-order chi connectivity index (χ0) is 13.5. The highest BCUT2D eigenvalue weighted by molar-refractivity contribution is 6.31. The van der Waals surface area contributed by atoms with E-state index in [4.69, 9.17) is 16.0 Å². The van der Waals surface area contributed by atoms with Crippen LogP contribution < -0.4 is 10.2 Å². The predicted octanol–water partition coefficient (Wildman–Crippen LogP) is 1.91. The van der Waals surface area contributed by atoms with E-state index in [0.717, 1.165) is 31.1 Å². The molecule has 2 unspecified atom stereocenters. The van der Waals surface area contributed by atoms with Gasteiger partial charge < -0.3 is 14.6 Å². The fourth-order valence-corrected chi connectivity index (χ4v) is 3.49. The Bertz CT molecular complexity index is 609. The molecule has 2 aliphatic rings. The van der Waals surface area contributed by atoms with Gasteiger partial charge in [0.25, 0.3) is 0 Å². The molecule has 0 spiro atoms. The van der Waals surface area contributed by atoms with Gasteiger partial charge in [0.1, 0.15) is 0 Å². The Morgan fingerprint density at radius 2 is 2.35 bits per heavy atom. The van der Waals surface area contributed by atoms with E-state index >= 15 is 0 Å². The van der Waals surface area contributed by atoms with Gasteiger partial charge in [0, 0.05) is 25.7 Å². The van der Waals surface area contributed by atoms with Gasteiger partial charge >= 0.3 is 0 Å². The maximum Gasteiger partial charge on any atom is 0.245 e. The monoisotopic (exact) mass is 293 g/mol. The summed E-state index contributed by atoms with van der Waals surface area (Å²) in [5.74, 6) is 2.13. The van der Waals surface area contributed by atoms with Crippen molar-refractivity contribution < 1.29 is 4.42 Å². The summed E-state index contributed by atoms with van der Waals surface area (Å²) in [5, 5.41) is 11.1. The van der Waals surface area contributed by atoms with Crippen molar-refractivity contribution in [3.63, 3.8) is 0 Å². The summed E-state index contributed by atoms with van der Waals surface area (Å²) in [6.45, 7) is 3.13. The van der Waals surface area contributed by atoms with Crippen LogP contribution in [0.3, 0.4) is 0 Å². The Kier molecular flexibility index (Phi) is 2.93. The van der Waals surface area contributed by atoms with Crippen molar-refractivity contribution in [2.75, 3.05) is 24.5 Å². The van der Waals surface area contributed by atoms with Gasteiger partial charge in [0.15, 0.2) is 5.82 Å². The van der Waals surface area contributed by atoms with E-state index in [0.29, 0.717) is 23.0 Å². The largest absolute Gasteiger partial charge is 0.452 e. The SMILES string of the molecule is Clc1occc1-c1nc(N2CCCC3CNCC32)n[nH]1. The molecule has 2 aromatic rings. The second-order valence-electron chi connectivity index (χ2n) is 5.41. The fraction of sp³-hybridized carbons (Fsp3) is 0.538. The van der Waals surface area contributed by atoms with Crippen molar-refractivity contribution in [1.29, 1.82) is 0 Å². The maximum atomic E-state index is 5.98. The number of H-pyrrole nitrogens is 1. The first-order valence-corrected chi connectivity index (χ1v) is 7.34. The molecule has 7 heteroatoms. The summed E-state index contributed by atoms with van der Waals surface area (Å²) in [6.07, 6.45) is 4.04. The number of rotatable bonds is 2. The highest BCUT2D eigenvalue weighted by Crippen LogP contribution is 2.31. The highest BCUT2D eigenvalue weighted by atomic mass is 35.5. The quantitative estimate of drug-likeness (QED) is 0.885. The normalized spacial score (nSPS) is 25.9. The number of aromatic amines is 1. The van der Waals surface area contributed by atoms with Crippen LogP contribution in [-0.2, 0) is 0 Å². The number of aromatic nitrogens is 3. The van der Waals surface area contributed by atoms with Gasteiger partial charge in [-0.2, -0.15) is 4.98 Å². The van der Waals surface area contributed by atoms with Gasteiger partial charge in [0.05, 0.1) is 11.8 Å². The van der Waals surface area contributed by atoms with Crippen molar-refractivity contribution in [2.24, 2.45) is 5.92 Å². The standard InChI is InChI=1S/C13H16ClN5O/c14-11-9(3-5-20-11)12-16-13(18-17-12)19-4-1-2-8-6-15-7-10(8)19/h3,5,8,10,15H,1-2,4,6-7H2,(H,16,17,18). The van der Waals surface area contributed by atoms with Crippen LogP contribution in [0.5, 0.6) is 0 Å². The van der Waals surface area contributed by atoms with Crippen LogP contribution in [0.15, 0.2) is 16.7 Å². The van der Waals surface area contributed by atoms with E-state index in [-0.39, 0.29) is 0 Å². The number of piperidine rings is 1. The third-order valence-electron chi connectivity index (χ3n) is 4.28. The molecular formula is C13H16ClN5O. The number of nitrogens with one attached hydrogen (secondary N) is 2. The Hall–Kier alpha value is -1.53. The molecule has 2 saturated heterocycles. The predicted molar refractivity (Wildman–Crippen MR) is 75.8 cm³/mol. The molecule has 106 valence electrons. The Morgan fingerprint density at radius 3 is 3.20 bits per heavy atom. The lowest BCUT2D eigenvalue weighted by Gasteiger charge is -2.36. The minimum atomic E-state index is 0.340. The minimum Gasteiger partial charge on any atom is -0.452 e. The van der Waals surface area contributed by atoms with E-state index in [1.807, 2.05) is 0 Å². The number of hydrogen-bond donors (Lipinski definition) is 2. The minimum absolute atomic E-state index is 0.340. The molecule has 2 atom stereocenters. The molecule has 2 aliphatic heterocycles. The van der Waals surface area contributed by atoms with Gasteiger partial charge in [-0.15, -0.1) is 5.10 Å². The molecule has 0 aliphatic carbocycles. The summed E-state index contributed by atoms with van der Waals surface area (Å²) in [6, 6.07) is 2.30. The summed E-state index contributed by atoms with van der Waals surface area (Å²) < 4.78 is 5.10. The van der Waals surface area contributed by atoms with Crippen LogP contribution in [0, 0.1) is 5.92 Å². The van der Waals surface area contributed by atoms with E-state index < -0.39 is 0 Å². The van der Waals surface area contributed by atoms with E-state index in [1.165, 1.54) is 12.8 Å². The molecule has 2 N–H and O–H groups in total. The first-order chi connectivity index (χ1) is 9.83. The number of hydrogen-bond acceptors (Lipinski definition) is 5.